The second kappa shape index (κ2) is 9.00. The van der Waals surface area contributed by atoms with Gasteiger partial charge in [0.2, 0.25) is 0 Å². The Bertz CT molecular complexity index is 1530. The quantitative estimate of drug-likeness (QED) is 0.423. The summed E-state index contributed by atoms with van der Waals surface area (Å²) < 4.78 is 1.50. The van der Waals surface area contributed by atoms with Crippen LogP contribution in [-0.4, -0.2) is 26.5 Å². The van der Waals surface area contributed by atoms with E-state index >= 15 is 0 Å². The summed E-state index contributed by atoms with van der Waals surface area (Å²) in [6.07, 6.45) is 0. The van der Waals surface area contributed by atoms with Crippen LogP contribution in [0.25, 0.3) is 5.69 Å². The average Bonchev–Trinajstić information content (AvgIpc) is 3.31. The molecule has 4 aromatic rings. The Balaban J connectivity index is 1.65. The number of rotatable bonds is 5. The minimum Gasteiger partial charge on any atom is -0.508 e. The van der Waals surface area contributed by atoms with E-state index in [1.165, 1.54) is 9.69 Å². The third kappa shape index (κ3) is 4.02. The number of aryl methyl sites for hydroxylation is 3. The van der Waals surface area contributed by atoms with Crippen LogP contribution in [0.4, 0.5) is 5.69 Å². The number of nitrogens with one attached hydrogen (secondary N) is 1. The molecule has 0 bridgehead atoms. The van der Waals surface area contributed by atoms with Gasteiger partial charge in [0.15, 0.2) is 0 Å². The second-order valence-electron chi connectivity index (χ2n) is 9.40. The Morgan fingerprint density at radius 1 is 0.861 bits per heavy atom. The van der Waals surface area contributed by atoms with Crippen molar-refractivity contribution in [2.24, 2.45) is 11.0 Å². The van der Waals surface area contributed by atoms with Gasteiger partial charge in [0.1, 0.15) is 5.75 Å². The number of hydrogen-bond donors (Lipinski definition) is 2. The van der Waals surface area contributed by atoms with Crippen LogP contribution < -0.4 is 10.6 Å². The van der Waals surface area contributed by atoms with Crippen molar-refractivity contribution in [3.8, 4) is 11.4 Å². The van der Waals surface area contributed by atoms with E-state index < -0.39 is 11.8 Å². The highest BCUT2D eigenvalue weighted by atomic mass is 16.3. The van der Waals surface area contributed by atoms with Gasteiger partial charge in [-0.15, -0.1) is 0 Å². The SMILES string of the molecule is CC1=NN(c2ccc(C)cc2)C(=O)C1C(c1cccc(O)c1)c1c(C)[nH]n(-c2ccc(C)cc2)c1=O. The number of aromatic nitrogens is 2. The highest BCUT2D eigenvalue weighted by Gasteiger charge is 2.43. The number of nitrogens with zero attached hydrogens (tertiary/aromatic N) is 3. The van der Waals surface area contributed by atoms with Crippen LogP contribution in [0.1, 0.15) is 40.8 Å². The maximum atomic E-state index is 13.8. The largest absolute Gasteiger partial charge is 0.508 e. The van der Waals surface area contributed by atoms with Crippen LogP contribution in [0.15, 0.2) is 82.7 Å². The summed E-state index contributed by atoms with van der Waals surface area (Å²) in [5.74, 6) is -1.49. The molecule has 0 fully saturated rings. The number of phenols is 1. The fourth-order valence-corrected chi connectivity index (χ4v) is 4.88. The first-order chi connectivity index (χ1) is 17.2. The lowest BCUT2D eigenvalue weighted by atomic mass is 9.78. The molecule has 2 unspecified atom stereocenters. The molecule has 1 amide bonds. The topological polar surface area (TPSA) is 90.7 Å². The number of phenolic OH excluding ortho intramolecular Hbond substituents is 1. The van der Waals surface area contributed by atoms with Crippen LogP contribution in [-0.2, 0) is 4.79 Å². The van der Waals surface area contributed by atoms with Gasteiger partial charge in [-0.05, 0) is 69.7 Å². The first kappa shape index (κ1) is 23.4. The van der Waals surface area contributed by atoms with Crippen LogP contribution in [0.2, 0.25) is 0 Å². The molecule has 2 atom stereocenters. The van der Waals surface area contributed by atoms with Crippen LogP contribution in [0.3, 0.4) is 0 Å². The number of amides is 1. The van der Waals surface area contributed by atoms with E-state index in [2.05, 4.69) is 10.2 Å². The summed E-state index contributed by atoms with van der Waals surface area (Å²) in [7, 11) is 0. The van der Waals surface area contributed by atoms with Crippen molar-refractivity contribution in [2.75, 3.05) is 5.01 Å². The Hall–Kier alpha value is -4.39. The lowest BCUT2D eigenvalue weighted by molar-refractivity contribution is -0.120. The molecule has 0 spiro atoms. The number of carbonyl (C=O) groups is 1. The Kier molecular flexibility index (Phi) is 5.84. The normalized spacial score (nSPS) is 16.3. The molecule has 0 saturated heterocycles. The van der Waals surface area contributed by atoms with Crippen LogP contribution >= 0.6 is 0 Å². The van der Waals surface area contributed by atoms with Crippen molar-refractivity contribution < 1.29 is 9.90 Å². The molecule has 7 nitrogen and oxygen atoms in total. The van der Waals surface area contributed by atoms with Gasteiger partial charge in [0, 0.05) is 22.9 Å². The molecular formula is C29H28N4O3. The van der Waals surface area contributed by atoms with Crippen LogP contribution in [0, 0.1) is 26.7 Å². The first-order valence-corrected chi connectivity index (χ1v) is 11.9. The van der Waals surface area contributed by atoms with Gasteiger partial charge in [0.25, 0.3) is 11.5 Å². The van der Waals surface area contributed by atoms with E-state index in [1.54, 1.807) is 18.2 Å². The number of anilines is 1. The third-order valence-electron chi connectivity index (χ3n) is 6.74. The Labute approximate surface area is 209 Å². The molecule has 1 aliphatic heterocycles. The van der Waals surface area contributed by atoms with E-state index in [-0.39, 0.29) is 17.2 Å². The number of aromatic hydroxyl groups is 1. The zero-order valence-corrected chi connectivity index (χ0v) is 20.7. The number of hydrazone groups is 1. The molecule has 36 heavy (non-hydrogen) atoms. The molecule has 2 heterocycles. The molecule has 182 valence electrons. The molecule has 5 rings (SSSR count). The highest BCUT2D eigenvalue weighted by Crippen LogP contribution is 2.39. The number of H-pyrrole nitrogens is 1. The van der Waals surface area contributed by atoms with Gasteiger partial charge in [-0.2, -0.15) is 5.10 Å². The van der Waals surface area contributed by atoms with Crippen molar-refractivity contribution >= 4 is 17.3 Å². The standard InChI is InChI=1S/C29H28N4O3/c1-17-8-12-22(13-9-17)32-28(35)25(19(3)30-32)27(21-6-5-7-24(34)16-21)26-20(4)31-33(29(26)36)23-14-10-18(2)11-15-23/h5-16,25,27,31,34H,1-4H3. The number of aromatic amines is 1. The van der Waals surface area contributed by atoms with Gasteiger partial charge < -0.3 is 5.11 Å². The molecule has 0 aliphatic carbocycles. The second-order valence-corrected chi connectivity index (χ2v) is 9.40. The maximum absolute atomic E-state index is 13.8. The molecule has 0 radical (unpaired) electrons. The number of benzene rings is 3. The fraction of sp³-hybridized carbons (Fsp3) is 0.207. The summed E-state index contributed by atoms with van der Waals surface area (Å²) in [6.45, 7) is 7.62. The summed E-state index contributed by atoms with van der Waals surface area (Å²) in [4.78, 5) is 27.7. The minimum atomic E-state index is -0.707. The summed E-state index contributed by atoms with van der Waals surface area (Å²) in [5, 5.41) is 19.5. The van der Waals surface area contributed by atoms with Gasteiger partial charge >= 0.3 is 0 Å². The lowest BCUT2D eigenvalue weighted by Crippen LogP contribution is -2.34. The van der Waals surface area contributed by atoms with Crippen LogP contribution in [0.5, 0.6) is 5.75 Å². The molecule has 1 aromatic heterocycles. The molecule has 1 aliphatic rings. The average molecular weight is 481 g/mol. The molecule has 7 heteroatoms. The van der Waals surface area contributed by atoms with Crippen molar-refractivity contribution in [2.45, 2.75) is 33.6 Å². The lowest BCUT2D eigenvalue weighted by Gasteiger charge is -2.23. The van der Waals surface area contributed by atoms with Gasteiger partial charge in [-0.1, -0.05) is 47.5 Å². The third-order valence-corrected chi connectivity index (χ3v) is 6.74. The number of carbonyl (C=O) groups excluding carboxylic acids is 1. The van der Waals surface area contributed by atoms with E-state index in [1.807, 2.05) is 82.3 Å². The van der Waals surface area contributed by atoms with E-state index in [0.717, 1.165) is 11.1 Å². The minimum absolute atomic E-state index is 0.0694. The zero-order chi connectivity index (χ0) is 25.6. The zero-order valence-electron chi connectivity index (χ0n) is 20.7. The summed E-state index contributed by atoms with van der Waals surface area (Å²) in [6, 6.07) is 22.0. The van der Waals surface area contributed by atoms with E-state index in [9.17, 15) is 14.7 Å². The van der Waals surface area contributed by atoms with Crippen molar-refractivity contribution in [1.82, 2.24) is 9.78 Å². The van der Waals surface area contributed by atoms with Crippen molar-refractivity contribution in [3.63, 3.8) is 0 Å². The maximum Gasteiger partial charge on any atom is 0.275 e. The predicted molar refractivity (Wildman–Crippen MR) is 141 cm³/mol. The van der Waals surface area contributed by atoms with Gasteiger partial charge in [-0.3, -0.25) is 14.7 Å². The summed E-state index contributed by atoms with van der Waals surface area (Å²) in [5.41, 5.74) is 5.72. The van der Waals surface area contributed by atoms with E-state index in [0.29, 0.717) is 33.9 Å². The smallest absolute Gasteiger partial charge is 0.275 e. The molecule has 2 N–H and O–H groups in total. The molecule has 3 aromatic carbocycles. The van der Waals surface area contributed by atoms with Gasteiger partial charge in [0.05, 0.1) is 17.3 Å². The van der Waals surface area contributed by atoms with Crippen molar-refractivity contribution in [3.05, 3.63) is 111 Å². The number of hydrogen-bond acceptors (Lipinski definition) is 4. The molecular weight excluding hydrogens is 452 g/mol. The monoisotopic (exact) mass is 480 g/mol. The molecule has 0 saturated carbocycles. The predicted octanol–water partition coefficient (Wildman–Crippen LogP) is 4.97. The Morgan fingerprint density at radius 2 is 1.47 bits per heavy atom. The van der Waals surface area contributed by atoms with Crippen molar-refractivity contribution in [1.29, 1.82) is 0 Å². The highest BCUT2D eigenvalue weighted by molar-refractivity contribution is 6.15. The first-order valence-electron chi connectivity index (χ1n) is 11.9. The van der Waals surface area contributed by atoms with E-state index in [4.69, 9.17) is 0 Å². The van der Waals surface area contributed by atoms with Gasteiger partial charge in [-0.25, -0.2) is 9.69 Å². The summed E-state index contributed by atoms with van der Waals surface area (Å²) >= 11 is 0. The fourth-order valence-electron chi connectivity index (χ4n) is 4.88. The Morgan fingerprint density at radius 3 is 2.08 bits per heavy atom.